The van der Waals surface area contributed by atoms with E-state index in [2.05, 4.69) is 5.32 Å². The van der Waals surface area contributed by atoms with Crippen LogP contribution in [0.3, 0.4) is 0 Å². The van der Waals surface area contributed by atoms with E-state index in [1.807, 2.05) is 30.3 Å². The van der Waals surface area contributed by atoms with Gasteiger partial charge >= 0.3 is 6.03 Å². The molecule has 0 radical (unpaired) electrons. The smallest absolute Gasteiger partial charge is 0.327 e. The molecule has 3 aliphatic rings. The minimum atomic E-state index is -0.419. The zero-order chi connectivity index (χ0) is 27.5. The van der Waals surface area contributed by atoms with Crippen LogP contribution in [0.25, 0.3) is 0 Å². The van der Waals surface area contributed by atoms with Crippen molar-refractivity contribution < 1.29 is 23.9 Å². The SMILES string of the molecule is COC1CC2C(=O)N(Cc3ccc(C(=O)NC4CCCC4)cc3)C(=O)N(Cc3ccccc3Cl)C2CC1OC. The number of nitrogens with one attached hydrogen (secondary N) is 1. The monoisotopic (exact) mass is 553 g/mol. The number of carbonyl (C=O) groups excluding carboxylic acids is 3. The third-order valence-electron chi connectivity index (χ3n) is 8.45. The lowest BCUT2D eigenvalue weighted by Gasteiger charge is -2.50. The van der Waals surface area contributed by atoms with Gasteiger partial charge in [0.05, 0.1) is 24.7 Å². The van der Waals surface area contributed by atoms with Crippen LogP contribution in [0.15, 0.2) is 48.5 Å². The molecule has 5 rings (SSSR count). The fourth-order valence-corrected chi connectivity index (χ4v) is 6.43. The second-order valence-corrected chi connectivity index (χ2v) is 11.2. The van der Waals surface area contributed by atoms with Crippen molar-refractivity contribution >= 4 is 29.4 Å². The van der Waals surface area contributed by atoms with Gasteiger partial charge in [0, 0.05) is 43.4 Å². The van der Waals surface area contributed by atoms with Crippen LogP contribution in [0.2, 0.25) is 5.02 Å². The molecule has 1 N–H and O–H groups in total. The molecule has 0 bridgehead atoms. The largest absolute Gasteiger partial charge is 0.379 e. The zero-order valence-electron chi connectivity index (χ0n) is 22.5. The third kappa shape index (κ3) is 5.83. The Morgan fingerprint density at radius 2 is 1.62 bits per heavy atom. The second-order valence-electron chi connectivity index (χ2n) is 10.8. The van der Waals surface area contributed by atoms with Gasteiger partial charge in [0.25, 0.3) is 5.91 Å². The van der Waals surface area contributed by atoms with E-state index in [0.29, 0.717) is 23.4 Å². The number of imide groups is 1. The fourth-order valence-electron chi connectivity index (χ4n) is 6.23. The molecular weight excluding hydrogens is 518 g/mol. The lowest BCUT2D eigenvalue weighted by molar-refractivity contribution is -0.152. The number of ether oxygens (including phenoxy) is 2. The van der Waals surface area contributed by atoms with Crippen molar-refractivity contribution in [1.29, 1.82) is 0 Å². The van der Waals surface area contributed by atoms with Crippen LogP contribution in [0, 0.1) is 5.92 Å². The Balaban J connectivity index is 1.37. The summed E-state index contributed by atoms with van der Waals surface area (Å²) in [7, 11) is 3.26. The number of hydrogen-bond donors (Lipinski definition) is 1. The van der Waals surface area contributed by atoms with Crippen LogP contribution < -0.4 is 5.32 Å². The molecule has 2 aromatic carbocycles. The van der Waals surface area contributed by atoms with Crippen molar-refractivity contribution in [3.63, 3.8) is 0 Å². The number of amides is 4. The first-order chi connectivity index (χ1) is 18.9. The maximum absolute atomic E-state index is 13.9. The fraction of sp³-hybridized carbons (Fsp3) is 0.500. The van der Waals surface area contributed by atoms with Gasteiger partial charge in [-0.25, -0.2) is 4.79 Å². The molecule has 0 spiro atoms. The highest BCUT2D eigenvalue weighted by Gasteiger charge is 2.51. The molecule has 3 fully saturated rings. The van der Waals surface area contributed by atoms with Gasteiger partial charge in [-0.05, 0) is 55.0 Å². The summed E-state index contributed by atoms with van der Waals surface area (Å²) >= 11 is 6.46. The van der Waals surface area contributed by atoms with Gasteiger partial charge in [-0.15, -0.1) is 0 Å². The van der Waals surface area contributed by atoms with Gasteiger partial charge in [-0.1, -0.05) is 54.8 Å². The quantitative estimate of drug-likeness (QED) is 0.508. The number of carbonyl (C=O) groups is 3. The van der Waals surface area contributed by atoms with E-state index in [1.54, 1.807) is 37.3 Å². The highest BCUT2D eigenvalue weighted by atomic mass is 35.5. The van der Waals surface area contributed by atoms with Crippen LogP contribution in [0.1, 0.15) is 60.0 Å². The zero-order valence-corrected chi connectivity index (χ0v) is 23.2. The van der Waals surface area contributed by atoms with E-state index in [4.69, 9.17) is 21.1 Å². The normalized spacial score (nSPS) is 25.6. The second kappa shape index (κ2) is 12.1. The minimum absolute atomic E-state index is 0.0900. The molecule has 1 aliphatic heterocycles. The van der Waals surface area contributed by atoms with E-state index in [-0.39, 0.29) is 55.2 Å². The first-order valence-corrected chi connectivity index (χ1v) is 14.1. The van der Waals surface area contributed by atoms with E-state index in [1.165, 1.54) is 4.90 Å². The van der Waals surface area contributed by atoms with Gasteiger partial charge in [-0.2, -0.15) is 0 Å². The summed E-state index contributed by atoms with van der Waals surface area (Å²) in [6, 6.07) is 14.1. The molecule has 1 heterocycles. The molecule has 0 aromatic heterocycles. The minimum Gasteiger partial charge on any atom is -0.379 e. The van der Waals surface area contributed by atoms with E-state index >= 15 is 0 Å². The standard InChI is InChI=1S/C30H36ClN3O5/c1-38-26-15-23-25(16-27(26)39-2)33(18-21-7-3-6-10-24(21)31)30(37)34(29(23)36)17-19-11-13-20(14-12-19)28(35)32-22-8-4-5-9-22/h3,6-7,10-14,22-23,25-27H,4-5,8-9,15-18H2,1-2H3,(H,32,35). The Bertz CT molecular complexity index is 1200. The van der Waals surface area contributed by atoms with Crippen LogP contribution in [-0.2, 0) is 27.4 Å². The third-order valence-corrected chi connectivity index (χ3v) is 8.82. The Labute approximate surface area is 234 Å². The molecule has 8 nitrogen and oxygen atoms in total. The summed E-state index contributed by atoms with van der Waals surface area (Å²) in [6.45, 7) is 0.410. The van der Waals surface area contributed by atoms with Crippen molar-refractivity contribution in [3.05, 3.63) is 70.2 Å². The molecule has 208 valence electrons. The van der Waals surface area contributed by atoms with Gasteiger partial charge in [-0.3, -0.25) is 14.5 Å². The van der Waals surface area contributed by atoms with Crippen molar-refractivity contribution in [2.75, 3.05) is 14.2 Å². The summed E-state index contributed by atoms with van der Waals surface area (Å²) in [6.07, 6.45) is 4.83. The van der Waals surface area contributed by atoms with Crippen molar-refractivity contribution in [3.8, 4) is 0 Å². The Morgan fingerprint density at radius 3 is 2.28 bits per heavy atom. The van der Waals surface area contributed by atoms with E-state index in [9.17, 15) is 14.4 Å². The van der Waals surface area contributed by atoms with E-state index < -0.39 is 5.92 Å². The van der Waals surface area contributed by atoms with Crippen LogP contribution in [0.5, 0.6) is 0 Å². The van der Waals surface area contributed by atoms with Gasteiger partial charge < -0.3 is 19.7 Å². The number of methoxy groups -OCH3 is 2. The number of halogens is 1. The Morgan fingerprint density at radius 1 is 0.949 bits per heavy atom. The Hall–Kier alpha value is -2.94. The van der Waals surface area contributed by atoms with Gasteiger partial charge in [0.1, 0.15) is 0 Å². The number of rotatable bonds is 8. The van der Waals surface area contributed by atoms with Crippen molar-refractivity contribution in [2.45, 2.75) is 75.9 Å². The highest BCUT2D eigenvalue weighted by Crippen LogP contribution is 2.38. The molecule has 1 saturated heterocycles. The number of benzene rings is 2. The summed E-state index contributed by atoms with van der Waals surface area (Å²) < 4.78 is 11.4. The summed E-state index contributed by atoms with van der Waals surface area (Å²) in [4.78, 5) is 43.4. The average Bonchev–Trinajstić information content (AvgIpc) is 3.47. The average molecular weight is 554 g/mol. The van der Waals surface area contributed by atoms with Gasteiger partial charge in [0.15, 0.2) is 0 Å². The maximum Gasteiger partial charge on any atom is 0.327 e. The van der Waals surface area contributed by atoms with Crippen molar-refractivity contribution in [1.82, 2.24) is 15.1 Å². The lowest BCUT2D eigenvalue weighted by Crippen LogP contribution is -2.64. The van der Waals surface area contributed by atoms with Crippen LogP contribution in [-0.4, -0.2) is 66.2 Å². The van der Waals surface area contributed by atoms with Crippen molar-refractivity contribution in [2.24, 2.45) is 5.92 Å². The predicted molar refractivity (Wildman–Crippen MR) is 147 cm³/mol. The highest BCUT2D eigenvalue weighted by molar-refractivity contribution is 6.31. The number of urea groups is 1. The molecule has 9 heteroatoms. The topological polar surface area (TPSA) is 88.2 Å². The maximum atomic E-state index is 13.9. The molecule has 39 heavy (non-hydrogen) atoms. The molecular formula is C30H36ClN3O5. The summed E-state index contributed by atoms with van der Waals surface area (Å²) in [5.41, 5.74) is 2.17. The summed E-state index contributed by atoms with van der Waals surface area (Å²) in [5, 5.41) is 3.67. The lowest BCUT2D eigenvalue weighted by atomic mass is 9.77. The first-order valence-electron chi connectivity index (χ1n) is 13.7. The Kier molecular flexibility index (Phi) is 8.54. The molecule has 2 aromatic rings. The predicted octanol–water partition coefficient (Wildman–Crippen LogP) is 4.79. The molecule has 4 amide bonds. The number of hydrogen-bond acceptors (Lipinski definition) is 5. The molecule has 2 aliphatic carbocycles. The van der Waals surface area contributed by atoms with E-state index in [0.717, 1.165) is 36.8 Å². The summed E-state index contributed by atoms with van der Waals surface area (Å²) in [5.74, 6) is -0.717. The number of nitrogens with zero attached hydrogens (tertiary/aromatic N) is 2. The first kappa shape index (κ1) is 27.6. The van der Waals surface area contributed by atoms with Crippen LogP contribution >= 0.6 is 11.6 Å². The molecule has 4 atom stereocenters. The van der Waals surface area contributed by atoms with Gasteiger partial charge in [0.2, 0.25) is 5.91 Å². The molecule has 2 saturated carbocycles. The number of fused-ring (bicyclic) bond motifs is 1. The molecule has 4 unspecified atom stereocenters. The van der Waals surface area contributed by atoms with Crippen LogP contribution in [0.4, 0.5) is 4.79 Å².